The van der Waals surface area contributed by atoms with Crippen LogP contribution < -0.4 is 0 Å². The Kier molecular flexibility index (Phi) is 3.02. The Bertz CT molecular complexity index is 29.0. The molecule has 0 fully saturated rings. The van der Waals surface area contributed by atoms with E-state index in [0.29, 0.717) is 0 Å². The van der Waals surface area contributed by atoms with E-state index in [1.54, 1.807) is 0 Å². The molecule has 0 saturated heterocycles. The molecule has 0 unspecified atom stereocenters. The van der Waals surface area contributed by atoms with Crippen LogP contribution in [0.1, 0.15) is 0 Å². The van der Waals surface area contributed by atoms with Crippen LogP contribution in [-0.2, 0) is 19.5 Å². The molecule has 0 saturated carbocycles. The number of hydrogen-bond acceptors (Lipinski definition) is 1. The SMILES string of the molecule is [O]=[Au-3]([Cl])[Cl]. The van der Waals surface area contributed by atoms with Crippen LogP contribution in [0.3, 0.4) is 0 Å². The Morgan fingerprint density at radius 2 is 1.50 bits per heavy atom. The Morgan fingerprint density at radius 3 is 1.50 bits per heavy atom. The first-order chi connectivity index (χ1) is 1.73. The molecule has 0 aromatic carbocycles. The van der Waals surface area contributed by atoms with Gasteiger partial charge in [-0.15, -0.1) is 0 Å². The van der Waals surface area contributed by atoms with E-state index in [2.05, 4.69) is 18.4 Å². The Balaban J connectivity index is 2.80. The van der Waals surface area contributed by atoms with Gasteiger partial charge in [-0.25, -0.2) is 0 Å². The third-order valence-corrected chi connectivity index (χ3v) is 0. The molecule has 0 aromatic rings. The monoisotopic (exact) mass is 283 g/mol. The van der Waals surface area contributed by atoms with Gasteiger partial charge in [0.25, 0.3) is 0 Å². The third-order valence-electron chi connectivity index (χ3n) is 0. The molecule has 0 bridgehead atoms. The second-order valence-electron chi connectivity index (χ2n) is 0.136. The van der Waals surface area contributed by atoms with Gasteiger partial charge < -0.3 is 0 Å². The summed E-state index contributed by atoms with van der Waals surface area (Å²) >= 11 is -2.51. The summed E-state index contributed by atoms with van der Waals surface area (Å²) in [5.74, 6) is 0. The maximum absolute atomic E-state index is 9.21. The van der Waals surface area contributed by atoms with Crippen molar-refractivity contribution in [1.29, 1.82) is 0 Å². The van der Waals surface area contributed by atoms with E-state index < -0.39 is 16.3 Å². The van der Waals surface area contributed by atoms with Gasteiger partial charge in [0.15, 0.2) is 0 Å². The fraction of sp³-hybridized carbons (Fsp3) is 0. The topological polar surface area (TPSA) is 17.1 Å². The third kappa shape index (κ3) is 11.2. The van der Waals surface area contributed by atoms with Gasteiger partial charge in [0, 0.05) is 0 Å². The zero-order chi connectivity index (χ0) is 3.58. The molecule has 0 amide bonds. The first kappa shape index (κ1) is 5.12. The van der Waals surface area contributed by atoms with Crippen LogP contribution in [0.5, 0.6) is 0 Å². The van der Waals surface area contributed by atoms with Crippen molar-refractivity contribution in [3.63, 3.8) is 0 Å². The molecular weight excluding hydrogens is 284 g/mol. The summed E-state index contributed by atoms with van der Waals surface area (Å²) in [6.07, 6.45) is 0. The molecule has 0 aliphatic rings. The minimum atomic E-state index is -2.51. The predicted molar refractivity (Wildman–Crippen MR) is 12.4 cm³/mol. The zero-order valence-electron chi connectivity index (χ0n) is 1.47. The minimum absolute atomic E-state index is 2.51. The van der Waals surface area contributed by atoms with Crippen molar-refractivity contribution in [1.82, 2.24) is 0 Å². The van der Waals surface area contributed by atoms with Crippen LogP contribution in [0.15, 0.2) is 0 Å². The van der Waals surface area contributed by atoms with E-state index in [-0.39, 0.29) is 0 Å². The van der Waals surface area contributed by atoms with Gasteiger partial charge in [-0.2, -0.15) is 0 Å². The molecular formula is AuCl2O-3. The van der Waals surface area contributed by atoms with Crippen molar-refractivity contribution in [3.05, 3.63) is 0 Å². The average Bonchev–Trinajstić information content (AvgIpc) is 0.811. The molecule has 1 nitrogen and oxygen atoms in total. The molecule has 0 N–H and O–H groups in total. The van der Waals surface area contributed by atoms with Crippen molar-refractivity contribution in [2.75, 3.05) is 0 Å². The summed E-state index contributed by atoms with van der Waals surface area (Å²) in [5, 5.41) is 0. The average molecular weight is 284 g/mol. The summed E-state index contributed by atoms with van der Waals surface area (Å²) in [4.78, 5) is 0. The molecule has 0 atom stereocenters. The number of rotatable bonds is 0. The van der Waals surface area contributed by atoms with Gasteiger partial charge in [0.1, 0.15) is 0 Å². The first-order valence-electron chi connectivity index (χ1n) is 0.351. The van der Waals surface area contributed by atoms with Crippen LogP contribution in [0, 0.1) is 0 Å². The summed E-state index contributed by atoms with van der Waals surface area (Å²) in [6.45, 7) is 0. The summed E-state index contributed by atoms with van der Waals surface area (Å²) in [7, 11) is 9.27. The Morgan fingerprint density at radius 1 is 1.50 bits per heavy atom. The summed E-state index contributed by atoms with van der Waals surface area (Å²) in [6, 6.07) is 0. The maximum atomic E-state index is 9.21. The van der Waals surface area contributed by atoms with Gasteiger partial charge in [-0.3, -0.25) is 0 Å². The van der Waals surface area contributed by atoms with E-state index in [4.69, 9.17) is 0 Å². The van der Waals surface area contributed by atoms with E-state index in [9.17, 15) is 3.25 Å². The molecule has 0 spiro atoms. The fourth-order valence-corrected chi connectivity index (χ4v) is 0. The molecule has 0 heterocycles. The molecule has 4 heavy (non-hydrogen) atoms. The Hall–Kier alpha value is 1.12. The standard InChI is InChI=1S/Au.2ClH.O/h;2*1H;/q-1;;;/p-2. The molecule has 0 aliphatic carbocycles. The molecule has 0 rings (SSSR count). The van der Waals surface area contributed by atoms with Crippen molar-refractivity contribution < 1.29 is 19.5 Å². The fourth-order valence-electron chi connectivity index (χ4n) is 0. The van der Waals surface area contributed by atoms with E-state index >= 15 is 0 Å². The van der Waals surface area contributed by atoms with Crippen molar-refractivity contribution >= 4 is 18.4 Å². The second kappa shape index (κ2) is 2.36. The van der Waals surface area contributed by atoms with Gasteiger partial charge in [-0.1, -0.05) is 0 Å². The van der Waals surface area contributed by atoms with Crippen LogP contribution in [0.4, 0.5) is 0 Å². The van der Waals surface area contributed by atoms with Crippen LogP contribution in [0.2, 0.25) is 0 Å². The second-order valence-corrected chi connectivity index (χ2v) is 5.46. The predicted octanol–water partition coefficient (Wildman–Crippen LogP) is 1.26. The first-order valence-corrected chi connectivity index (χ1v) is 6.60. The number of halogens is 2. The van der Waals surface area contributed by atoms with E-state index in [1.165, 1.54) is 0 Å². The molecule has 0 aromatic heterocycles. The molecule has 0 aliphatic heterocycles. The quantitative estimate of drug-likeness (QED) is 0.612. The molecule has 0 radical (unpaired) electrons. The summed E-state index contributed by atoms with van der Waals surface area (Å²) < 4.78 is 9.21. The van der Waals surface area contributed by atoms with E-state index in [0.717, 1.165) is 0 Å². The van der Waals surface area contributed by atoms with Gasteiger partial charge >= 0.3 is 37.9 Å². The number of hydrogen-bond donors (Lipinski definition) is 0. The molecule has 4 heteroatoms. The van der Waals surface area contributed by atoms with Crippen LogP contribution in [0.25, 0.3) is 0 Å². The summed E-state index contributed by atoms with van der Waals surface area (Å²) in [5.41, 5.74) is 0. The van der Waals surface area contributed by atoms with Crippen LogP contribution in [-0.4, -0.2) is 0 Å². The van der Waals surface area contributed by atoms with Crippen molar-refractivity contribution in [2.45, 2.75) is 0 Å². The molecule has 34 valence electrons. The van der Waals surface area contributed by atoms with Crippen LogP contribution >= 0.6 is 18.4 Å². The van der Waals surface area contributed by atoms with Gasteiger partial charge in [0.2, 0.25) is 0 Å². The van der Waals surface area contributed by atoms with E-state index in [1.807, 2.05) is 0 Å². The van der Waals surface area contributed by atoms with Crippen molar-refractivity contribution in [2.24, 2.45) is 0 Å². The van der Waals surface area contributed by atoms with Gasteiger partial charge in [0.05, 0.1) is 0 Å². The Labute approximate surface area is 38.0 Å². The zero-order valence-corrected chi connectivity index (χ0v) is 5.14. The van der Waals surface area contributed by atoms with Crippen molar-refractivity contribution in [3.8, 4) is 0 Å². The normalized spacial score (nSPS) is 11.0. The van der Waals surface area contributed by atoms with Gasteiger partial charge in [-0.05, 0) is 0 Å².